The van der Waals surface area contributed by atoms with E-state index in [1.807, 2.05) is 0 Å². The van der Waals surface area contributed by atoms with Crippen LogP contribution >= 0.6 is 0 Å². The van der Waals surface area contributed by atoms with Gasteiger partial charge in [0.25, 0.3) is 0 Å². The van der Waals surface area contributed by atoms with Gasteiger partial charge in [0.2, 0.25) is 0 Å². The lowest BCUT2D eigenvalue weighted by atomic mass is 9.60. The first kappa shape index (κ1) is 15.8. The number of hydrogen-bond acceptors (Lipinski definition) is 3. The molecule has 0 heterocycles. The zero-order valence-corrected chi connectivity index (χ0v) is 14.1. The van der Waals surface area contributed by atoms with Gasteiger partial charge in [0.05, 0.1) is 12.2 Å². The standard InChI is InChI=1S/C18H33NO2/c1-13-9-15-12-18(10-13,19-3)11-14(2)17(15)21-20-16-7-5-4-6-8-16/h13-17,19H,4-12H2,1-3H3. The monoisotopic (exact) mass is 295 g/mol. The summed E-state index contributed by atoms with van der Waals surface area (Å²) in [7, 11) is 2.14. The third kappa shape index (κ3) is 3.46. The summed E-state index contributed by atoms with van der Waals surface area (Å²) in [4.78, 5) is 11.9. The molecule has 0 aromatic heterocycles. The summed E-state index contributed by atoms with van der Waals surface area (Å²) in [6.45, 7) is 4.75. The van der Waals surface area contributed by atoms with Crippen molar-refractivity contribution in [3.05, 3.63) is 0 Å². The van der Waals surface area contributed by atoms with E-state index in [1.54, 1.807) is 0 Å². The minimum Gasteiger partial charge on any atom is -0.314 e. The molecule has 3 fully saturated rings. The molecule has 0 aliphatic heterocycles. The van der Waals surface area contributed by atoms with Crippen LogP contribution in [0.5, 0.6) is 0 Å². The van der Waals surface area contributed by atoms with Gasteiger partial charge in [-0.05, 0) is 63.3 Å². The molecular weight excluding hydrogens is 262 g/mol. The van der Waals surface area contributed by atoms with Crippen molar-refractivity contribution in [3.63, 3.8) is 0 Å². The Hall–Kier alpha value is -0.120. The van der Waals surface area contributed by atoms with Crippen molar-refractivity contribution in [2.45, 2.75) is 89.4 Å². The number of nitrogens with one attached hydrogen (secondary N) is 1. The van der Waals surface area contributed by atoms with Crippen LogP contribution in [0, 0.1) is 17.8 Å². The van der Waals surface area contributed by atoms with Gasteiger partial charge in [0.1, 0.15) is 0 Å². The molecule has 3 aliphatic carbocycles. The van der Waals surface area contributed by atoms with Crippen molar-refractivity contribution < 1.29 is 9.78 Å². The highest BCUT2D eigenvalue weighted by Gasteiger charge is 2.49. The highest BCUT2D eigenvalue weighted by atomic mass is 17.2. The van der Waals surface area contributed by atoms with Gasteiger partial charge >= 0.3 is 0 Å². The van der Waals surface area contributed by atoms with Crippen LogP contribution in [-0.2, 0) is 9.78 Å². The van der Waals surface area contributed by atoms with Crippen LogP contribution in [0.2, 0.25) is 0 Å². The van der Waals surface area contributed by atoms with E-state index in [1.165, 1.54) is 57.8 Å². The predicted octanol–water partition coefficient (Wildman–Crippen LogP) is 4.07. The Morgan fingerprint density at radius 1 is 0.952 bits per heavy atom. The third-order valence-corrected chi connectivity index (χ3v) is 6.22. The van der Waals surface area contributed by atoms with Crippen molar-refractivity contribution in [3.8, 4) is 0 Å². The summed E-state index contributed by atoms with van der Waals surface area (Å²) in [6, 6.07) is 0. The van der Waals surface area contributed by atoms with Gasteiger partial charge in [-0.15, -0.1) is 0 Å². The molecule has 21 heavy (non-hydrogen) atoms. The van der Waals surface area contributed by atoms with Gasteiger partial charge in [0.15, 0.2) is 0 Å². The van der Waals surface area contributed by atoms with E-state index in [4.69, 9.17) is 9.78 Å². The molecule has 3 heteroatoms. The zero-order valence-electron chi connectivity index (χ0n) is 14.1. The normalized spacial score (nSPS) is 44.7. The number of hydrogen-bond donors (Lipinski definition) is 1. The lowest BCUT2D eigenvalue weighted by Crippen LogP contribution is -2.57. The molecule has 5 atom stereocenters. The Balaban J connectivity index is 1.60. The molecule has 5 unspecified atom stereocenters. The summed E-state index contributed by atoms with van der Waals surface area (Å²) in [5.74, 6) is 2.05. The summed E-state index contributed by atoms with van der Waals surface area (Å²) >= 11 is 0. The molecule has 0 saturated heterocycles. The molecule has 0 aromatic rings. The van der Waals surface area contributed by atoms with Gasteiger partial charge in [0, 0.05) is 5.54 Å². The van der Waals surface area contributed by atoms with Crippen LogP contribution in [0.15, 0.2) is 0 Å². The second-order valence-corrected chi connectivity index (χ2v) is 8.14. The maximum Gasteiger partial charge on any atom is 0.0984 e. The molecule has 0 spiro atoms. The van der Waals surface area contributed by atoms with Gasteiger partial charge in [-0.2, -0.15) is 0 Å². The average molecular weight is 295 g/mol. The topological polar surface area (TPSA) is 30.5 Å². The smallest absolute Gasteiger partial charge is 0.0984 e. The SMILES string of the molecule is CNC12CC(C)CC(C1)C(OOC1CCCCC1)C(C)C2. The van der Waals surface area contributed by atoms with Gasteiger partial charge in [-0.3, -0.25) is 0 Å². The fourth-order valence-corrected chi connectivity index (χ4v) is 5.33. The molecule has 3 aliphatic rings. The Labute approximate surface area is 130 Å². The minimum atomic E-state index is 0.302. The second-order valence-electron chi connectivity index (χ2n) is 8.14. The fraction of sp³-hybridized carbons (Fsp3) is 1.00. The fourth-order valence-electron chi connectivity index (χ4n) is 5.33. The predicted molar refractivity (Wildman–Crippen MR) is 84.9 cm³/mol. The first-order chi connectivity index (χ1) is 10.1. The van der Waals surface area contributed by atoms with E-state index < -0.39 is 0 Å². The molecule has 3 rings (SSSR count). The highest BCUT2D eigenvalue weighted by Crippen LogP contribution is 2.48. The Bertz CT molecular complexity index is 338. The van der Waals surface area contributed by atoms with Crippen LogP contribution in [0.25, 0.3) is 0 Å². The molecule has 3 saturated carbocycles. The molecule has 0 amide bonds. The molecule has 0 aromatic carbocycles. The van der Waals surface area contributed by atoms with Crippen LogP contribution in [-0.4, -0.2) is 24.8 Å². The highest BCUT2D eigenvalue weighted by molar-refractivity contribution is 5.03. The van der Waals surface area contributed by atoms with Crippen molar-refractivity contribution in [2.24, 2.45) is 17.8 Å². The number of fused-ring (bicyclic) bond motifs is 2. The number of rotatable bonds is 4. The van der Waals surface area contributed by atoms with Crippen molar-refractivity contribution in [1.82, 2.24) is 5.32 Å². The van der Waals surface area contributed by atoms with Crippen molar-refractivity contribution >= 4 is 0 Å². The maximum atomic E-state index is 6.03. The van der Waals surface area contributed by atoms with Crippen molar-refractivity contribution in [1.29, 1.82) is 0 Å². The van der Waals surface area contributed by atoms with E-state index in [2.05, 4.69) is 26.2 Å². The Kier molecular flexibility index (Phi) is 4.92. The van der Waals surface area contributed by atoms with Crippen LogP contribution < -0.4 is 5.32 Å². The summed E-state index contributed by atoms with van der Waals surface area (Å²) < 4.78 is 0. The first-order valence-electron chi connectivity index (χ1n) is 9.13. The van der Waals surface area contributed by atoms with Gasteiger partial charge < -0.3 is 5.32 Å². The molecular formula is C18H33NO2. The van der Waals surface area contributed by atoms with E-state index in [9.17, 15) is 0 Å². The molecule has 122 valence electrons. The second kappa shape index (κ2) is 6.55. The van der Waals surface area contributed by atoms with E-state index >= 15 is 0 Å². The van der Waals surface area contributed by atoms with Gasteiger partial charge in [-0.1, -0.05) is 33.1 Å². The van der Waals surface area contributed by atoms with Crippen LogP contribution in [0.4, 0.5) is 0 Å². The largest absolute Gasteiger partial charge is 0.314 e. The Morgan fingerprint density at radius 3 is 2.43 bits per heavy atom. The molecule has 2 bridgehead atoms. The Morgan fingerprint density at radius 2 is 1.71 bits per heavy atom. The summed E-state index contributed by atoms with van der Waals surface area (Å²) in [5, 5.41) is 3.64. The van der Waals surface area contributed by atoms with Crippen LogP contribution in [0.1, 0.15) is 71.6 Å². The zero-order chi connectivity index (χ0) is 14.9. The first-order valence-corrected chi connectivity index (χ1v) is 9.13. The molecule has 0 radical (unpaired) electrons. The van der Waals surface area contributed by atoms with Crippen LogP contribution in [0.3, 0.4) is 0 Å². The lowest BCUT2D eigenvalue weighted by Gasteiger charge is -2.52. The van der Waals surface area contributed by atoms with Crippen molar-refractivity contribution in [2.75, 3.05) is 7.05 Å². The minimum absolute atomic E-state index is 0.302. The molecule has 1 N–H and O–H groups in total. The quantitative estimate of drug-likeness (QED) is 0.626. The summed E-state index contributed by atoms with van der Waals surface area (Å²) in [6.07, 6.45) is 12.1. The summed E-state index contributed by atoms with van der Waals surface area (Å²) in [5.41, 5.74) is 0.354. The van der Waals surface area contributed by atoms with E-state index in [-0.39, 0.29) is 0 Å². The van der Waals surface area contributed by atoms with E-state index in [0.717, 1.165) is 5.92 Å². The van der Waals surface area contributed by atoms with Gasteiger partial charge in [-0.25, -0.2) is 9.78 Å². The lowest BCUT2D eigenvalue weighted by molar-refractivity contribution is -0.377. The maximum absolute atomic E-state index is 6.03. The third-order valence-electron chi connectivity index (χ3n) is 6.22. The van der Waals surface area contributed by atoms with E-state index in [0.29, 0.717) is 29.6 Å². The molecule has 3 nitrogen and oxygen atoms in total. The average Bonchev–Trinajstić information content (AvgIpc) is 2.47.